The molecule has 2 aromatic rings. The van der Waals surface area contributed by atoms with Crippen LogP contribution in [0.3, 0.4) is 0 Å². The van der Waals surface area contributed by atoms with Crippen LogP contribution < -0.4 is 10.6 Å². The number of nitrogens with zero attached hydrogens (tertiary/aromatic N) is 1. The van der Waals surface area contributed by atoms with Crippen LogP contribution in [-0.2, 0) is 11.3 Å². The van der Waals surface area contributed by atoms with Crippen molar-refractivity contribution in [3.05, 3.63) is 42.4 Å². The zero-order valence-electron chi connectivity index (χ0n) is 13.0. The number of carbonyl (C=O) groups is 1. The smallest absolute Gasteiger partial charge is 0.225 e. The van der Waals surface area contributed by atoms with Crippen molar-refractivity contribution >= 4 is 5.91 Å². The largest absolute Gasteiger partial charge is 0.443 e. The first-order valence-corrected chi connectivity index (χ1v) is 8.30. The Morgan fingerprint density at radius 2 is 2.17 bits per heavy atom. The molecule has 2 N–H and O–H groups in total. The summed E-state index contributed by atoms with van der Waals surface area (Å²) < 4.78 is 5.50. The normalized spacial score (nSPS) is 26.2. The van der Waals surface area contributed by atoms with Gasteiger partial charge in [-0.15, -0.1) is 0 Å². The Balaban J connectivity index is 1.42. The number of nitrogens with one attached hydrogen (secondary N) is 2. The van der Waals surface area contributed by atoms with Gasteiger partial charge in [-0.3, -0.25) is 4.79 Å². The summed E-state index contributed by atoms with van der Waals surface area (Å²) in [7, 11) is 0. The minimum absolute atomic E-state index is 0.0922. The molecule has 1 aromatic carbocycles. The molecule has 120 valence electrons. The van der Waals surface area contributed by atoms with E-state index < -0.39 is 0 Å². The first-order valence-electron chi connectivity index (χ1n) is 8.30. The third-order valence-corrected chi connectivity index (χ3v) is 5.07. The van der Waals surface area contributed by atoms with Crippen LogP contribution in [0.4, 0.5) is 0 Å². The number of amides is 1. The third-order valence-electron chi connectivity index (χ3n) is 5.07. The van der Waals surface area contributed by atoms with Crippen LogP contribution in [0, 0.1) is 11.8 Å². The number of fused-ring (bicyclic) bond motifs is 3. The highest BCUT2D eigenvalue weighted by molar-refractivity contribution is 5.79. The quantitative estimate of drug-likeness (QED) is 0.909. The fraction of sp³-hybridized carbons (Fsp3) is 0.444. The summed E-state index contributed by atoms with van der Waals surface area (Å²) in [6, 6.07) is 10.2. The van der Waals surface area contributed by atoms with Gasteiger partial charge in [0.2, 0.25) is 5.91 Å². The van der Waals surface area contributed by atoms with E-state index in [1.54, 1.807) is 0 Å². The predicted octanol–water partition coefficient (Wildman–Crippen LogP) is 2.35. The second kappa shape index (κ2) is 6.16. The van der Waals surface area contributed by atoms with Crippen LogP contribution in [0.2, 0.25) is 0 Å². The van der Waals surface area contributed by atoms with E-state index in [1.807, 2.05) is 30.3 Å². The standard InChI is InChI=1S/C18H21N3O2/c22-18(14-8-12-6-7-15(14)19-9-12)20-10-16-17(23-11-21-16)13-4-2-1-3-5-13/h1-5,11-12,14-15,19H,6-10H2,(H,20,22)/t12-,14-,15-/m1/s1. The number of rotatable bonds is 4. The zero-order valence-corrected chi connectivity index (χ0v) is 13.0. The van der Waals surface area contributed by atoms with E-state index in [-0.39, 0.29) is 11.8 Å². The lowest BCUT2D eigenvalue weighted by molar-refractivity contribution is -0.128. The molecule has 1 amide bonds. The van der Waals surface area contributed by atoms with Crippen molar-refractivity contribution in [1.29, 1.82) is 0 Å². The van der Waals surface area contributed by atoms with Crippen LogP contribution in [0.1, 0.15) is 25.0 Å². The van der Waals surface area contributed by atoms with Gasteiger partial charge in [-0.05, 0) is 31.7 Å². The van der Waals surface area contributed by atoms with E-state index in [9.17, 15) is 4.79 Å². The van der Waals surface area contributed by atoms with Crippen molar-refractivity contribution in [2.45, 2.75) is 31.8 Å². The fourth-order valence-electron chi connectivity index (χ4n) is 3.82. The van der Waals surface area contributed by atoms with Gasteiger partial charge in [-0.2, -0.15) is 0 Å². The van der Waals surface area contributed by atoms with E-state index in [0.29, 0.717) is 18.5 Å². The van der Waals surface area contributed by atoms with Crippen molar-refractivity contribution in [2.75, 3.05) is 6.54 Å². The van der Waals surface area contributed by atoms with Gasteiger partial charge in [-0.1, -0.05) is 30.3 Å². The fourth-order valence-corrected chi connectivity index (χ4v) is 3.82. The second-order valence-corrected chi connectivity index (χ2v) is 6.51. The van der Waals surface area contributed by atoms with Crippen LogP contribution in [0.25, 0.3) is 11.3 Å². The van der Waals surface area contributed by atoms with Crippen LogP contribution in [-0.4, -0.2) is 23.5 Å². The lowest BCUT2D eigenvalue weighted by Crippen LogP contribution is -2.54. The molecule has 0 spiro atoms. The Labute approximate surface area is 135 Å². The summed E-state index contributed by atoms with van der Waals surface area (Å²) in [6.07, 6.45) is 4.81. The lowest BCUT2D eigenvalue weighted by atomic mass is 9.73. The topological polar surface area (TPSA) is 67.2 Å². The Morgan fingerprint density at radius 3 is 2.87 bits per heavy atom. The molecular formula is C18H21N3O2. The van der Waals surface area contributed by atoms with Gasteiger partial charge in [0.15, 0.2) is 12.2 Å². The van der Waals surface area contributed by atoms with Gasteiger partial charge in [0.25, 0.3) is 0 Å². The molecule has 3 fully saturated rings. The second-order valence-electron chi connectivity index (χ2n) is 6.51. The number of oxazole rings is 1. The molecule has 1 aliphatic carbocycles. The molecule has 3 heterocycles. The minimum atomic E-state index is 0.0922. The first kappa shape index (κ1) is 14.5. The molecule has 5 nitrogen and oxygen atoms in total. The summed E-state index contributed by atoms with van der Waals surface area (Å²) in [4.78, 5) is 16.8. The highest BCUT2D eigenvalue weighted by Crippen LogP contribution is 2.33. The molecule has 23 heavy (non-hydrogen) atoms. The summed E-state index contributed by atoms with van der Waals surface area (Å²) in [6.45, 7) is 1.48. The average Bonchev–Trinajstić information content (AvgIpc) is 3.10. The molecule has 5 heteroatoms. The van der Waals surface area contributed by atoms with E-state index in [2.05, 4.69) is 15.6 Å². The average molecular weight is 311 g/mol. The molecule has 5 rings (SSSR count). The molecule has 0 radical (unpaired) electrons. The van der Waals surface area contributed by atoms with Crippen LogP contribution in [0.15, 0.2) is 41.1 Å². The molecule has 1 aromatic heterocycles. The van der Waals surface area contributed by atoms with Gasteiger partial charge in [0.1, 0.15) is 5.69 Å². The summed E-state index contributed by atoms with van der Waals surface area (Å²) in [5.74, 6) is 1.61. The molecule has 2 bridgehead atoms. The molecule has 2 saturated heterocycles. The maximum Gasteiger partial charge on any atom is 0.225 e. The van der Waals surface area contributed by atoms with Crippen molar-refractivity contribution in [2.24, 2.45) is 11.8 Å². The van der Waals surface area contributed by atoms with Gasteiger partial charge in [0, 0.05) is 11.6 Å². The van der Waals surface area contributed by atoms with Gasteiger partial charge in [0.05, 0.1) is 12.5 Å². The minimum Gasteiger partial charge on any atom is -0.443 e. The number of piperidine rings is 2. The molecule has 3 atom stereocenters. The molecular weight excluding hydrogens is 290 g/mol. The zero-order chi connectivity index (χ0) is 15.6. The monoisotopic (exact) mass is 311 g/mol. The van der Waals surface area contributed by atoms with Gasteiger partial charge in [-0.25, -0.2) is 4.98 Å². The SMILES string of the molecule is O=C(NCc1ncoc1-c1ccccc1)[C@@H]1C[C@H]2CC[C@H]1NC2. The summed E-state index contributed by atoms with van der Waals surface area (Å²) in [5.41, 5.74) is 1.76. The molecule has 2 aliphatic heterocycles. The third kappa shape index (κ3) is 2.88. The highest BCUT2D eigenvalue weighted by Gasteiger charge is 2.39. The maximum absolute atomic E-state index is 12.5. The lowest BCUT2D eigenvalue weighted by Gasteiger charge is -2.42. The number of aromatic nitrogens is 1. The van der Waals surface area contributed by atoms with Crippen molar-refractivity contribution in [1.82, 2.24) is 15.6 Å². The molecule has 1 saturated carbocycles. The molecule has 0 unspecified atom stereocenters. The van der Waals surface area contributed by atoms with E-state index in [0.717, 1.165) is 36.4 Å². The van der Waals surface area contributed by atoms with Crippen molar-refractivity contribution in [3.8, 4) is 11.3 Å². The van der Waals surface area contributed by atoms with E-state index in [4.69, 9.17) is 4.42 Å². The predicted molar refractivity (Wildman–Crippen MR) is 86.4 cm³/mol. The number of hydrogen-bond acceptors (Lipinski definition) is 4. The number of hydrogen-bond donors (Lipinski definition) is 2. The van der Waals surface area contributed by atoms with E-state index >= 15 is 0 Å². The van der Waals surface area contributed by atoms with Crippen LogP contribution >= 0.6 is 0 Å². The Kier molecular flexibility index (Phi) is 3.87. The Morgan fingerprint density at radius 1 is 1.30 bits per heavy atom. The van der Waals surface area contributed by atoms with Crippen LogP contribution in [0.5, 0.6) is 0 Å². The summed E-state index contributed by atoms with van der Waals surface area (Å²) >= 11 is 0. The van der Waals surface area contributed by atoms with Gasteiger partial charge < -0.3 is 15.1 Å². The number of carbonyl (C=O) groups excluding carboxylic acids is 1. The van der Waals surface area contributed by atoms with Crippen molar-refractivity contribution in [3.63, 3.8) is 0 Å². The maximum atomic E-state index is 12.5. The van der Waals surface area contributed by atoms with Gasteiger partial charge >= 0.3 is 0 Å². The highest BCUT2D eigenvalue weighted by atomic mass is 16.3. The Hall–Kier alpha value is -2.14. The first-order chi connectivity index (χ1) is 11.3. The van der Waals surface area contributed by atoms with Crippen molar-refractivity contribution < 1.29 is 9.21 Å². The molecule has 3 aliphatic rings. The number of benzene rings is 1. The summed E-state index contributed by atoms with van der Waals surface area (Å²) in [5, 5.41) is 6.53. The Bertz CT molecular complexity index is 675. The van der Waals surface area contributed by atoms with E-state index in [1.165, 1.54) is 12.8 Å².